The number of methoxy groups -OCH3 is 1. The van der Waals surface area contributed by atoms with Gasteiger partial charge in [0.2, 0.25) is 0 Å². The minimum absolute atomic E-state index is 0.0733. The SMILES string of the molecule is COC(=O)C1C[C@@H]2O[C@H]2C1. The molecule has 1 aliphatic carbocycles. The summed E-state index contributed by atoms with van der Waals surface area (Å²) in [5.41, 5.74) is 0. The third kappa shape index (κ3) is 0.814. The van der Waals surface area contributed by atoms with E-state index in [0.29, 0.717) is 12.2 Å². The summed E-state index contributed by atoms with van der Waals surface area (Å²) in [7, 11) is 1.44. The van der Waals surface area contributed by atoms with Gasteiger partial charge in [-0.2, -0.15) is 0 Å². The highest BCUT2D eigenvalue weighted by atomic mass is 16.6. The van der Waals surface area contributed by atoms with Gasteiger partial charge in [0.15, 0.2) is 0 Å². The summed E-state index contributed by atoms with van der Waals surface area (Å²) in [4.78, 5) is 10.9. The van der Waals surface area contributed by atoms with Gasteiger partial charge in [0.05, 0.1) is 25.2 Å². The van der Waals surface area contributed by atoms with E-state index in [0.717, 1.165) is 12.8 Å². The second kappa shape index (κ2) is 1.95. The van der Waals surface area contributed by atoms with Crippen molar-refractivity contribution in [1.29, 1.82) is 0 Å². The number of fused-ring (bicyclic) bond motifs is 1. The maximum Gasteiger partial charge on any atom is 0.308 e. The van der Waals surface area contributed by atoms with Crippen molar-refractivity contribution in [1.82, 2.24) is 0 Å². The Morgan fingerprint density at radius 3 is 2.60 bits per heavy atom. The number of ether oxygens (including phenoxy) is 2. The largest absolute Gasteiger partial charge is 0.469 e. The molecule has 2 fully saturated rings. The van der Waals surface area contributed by atoms with Crippen molar-refractivity contribution in [3.63, 3.8) is 0 Å². The highest BCUT2D eigenvalue weighted by Gasteiger charge is 2.50. The summed E-state index contributed by atoms with van der Waals surface area (Å²) in [5, 5.41) is 0. The maximum atomic E-state index is 10.9. The molecule has 0 spiro atoms. The zero-order valence-corrected chi connectivity index (χ0v) is 5.87. The quantitative estimate of drug-likeness (QED) is 0.391. The van der Waals surface area contributed by atoms with Crippen LogP contribution in [0.5, 0.6) is 0 Å². The lowest BCUT2D eigenvalue weighted by atomic mass is 10.1. The molecule has 2 rings (SSSR count). The highest BCUT2D eigenvalue weighted by Crippen LogP contribution is 2.42. The van der Waals surface area contributed by atoms with Gasteiger partial charge in [-0.15, -0.1) is 0 Å². The fourth-order valence-electron chi connectivity index (χ4n) is 1.61. The van der Waals surface area contributed by atoms with Gasteiger partial charge >= 0.3 is 5.97 Å². The van der Waals surface area contributed by atoms with Crippen molar-refractivity contribution in [2.24, 2.45) is 5.92 Å². The molecule has 0 aromatic rings. The van der Waals surface area contributed by atoms with E-state index in [1.165, 1.54) is 7.11 Å². The first-order valence-electron chi connectivity index (χ1n) is 3.54. The van der Waals surface area contributed by atoms with Crippen LogP contribution in [0.25, 0.3) is 0 Å². The number of hydrogen-bond acceptors (Lipinski definition) is 3. The van der Waals surface area contributed by atoms with Gasteiger partial charge in [-0.25, -0.2) is 0 Å². The number of rotatable bonds is 1. The van der Waals surface area contributed by atoms with Gasteiger partial charge in [-0.1, -0.05) is 0 Å². The summed E-state index contributed by atoms with van der Waals surface area (Å²) >= 11 is 0. The predicted molar refractivity (Wildman–Crippen MR) is 33.4 cm³/mol. The van der Waals surface area contributed by atoms with Crippen LogP contribution >= 0.6 is 0 Å². The smallest absolute Gasteiger partial charge is 0.308 e. The Bertz CT molecular complexity index is 156. The Morgan fingerprint density at radius 2 is 2.10 bits per heavy atom. The van der Waals surface area contributed by atoms with Crippen molar-refractivity contribution in [3.8, 4) is 0 Å². The second-order valence-electron chi connectivity index (χ2n) is 2.90. The molecule has 56 valence electrons. The number of carbonyl (C=O) groups is 1. The van der Waals surface area contributed by atoms with Crippen LogP contribution in [-0.4, -0.2) is 25.3 Å². The van der Waals surface area contributed by atoms with Gasteiger partial charge in [0, 0.05) is 0 Å². The fraction of sp³-hybridized carbons (Fsp3) is 0.857. The van der Waals surface area contributed by atoms with Crippen molar-refractivity contribution in [2.45, 2.75) is 25.0 Å². The molecule has 0 unspecified atom stereocenters. The Kier molecular flexibility index (Phi) is 1.20. The van der Waals surface area contributed by atoms with Crippen molar-refractivity contribution in [3.05, 3.63) is 0 Å². The van der Waals surface area contributed by atoms with Crippen LogP contribution in [0, 0.1) is 5.92 Å². The van der Waals surface area contributed by atoms with Gasteiger partial charge in [-0.05, 0) is 12.8 Å². The number of hydrogen-bond donors (Lipinski definition) is 0. The van der Waals surface area contributed by atoms with Crippen molar-refractivity contribution < 1.29 is 14.3 Å². The topological polar surface area (TPSA) is 38.8 Å². The van der Waals surface area contributed by atoms with Crippen LogP contribution in [-0.2, 0) is 14.3 Å². The molecule has 10 heavy (non-hydrogen) atoms. The van der Waals surface area contributed by atoms with Crippen LogP contribution < -0.4 is 0 Å². The Hall–Kier alpha value is -0.570. The lowest BCUT2D eigenvalue weighted by molar-refractivity contribution is -0.146. The first kappa shape index (κ1) is 6.16. The Balaban J connectivity index is 1.90. The van der Waals surface area contributed by atoms with Crippen LogP contribution in [0.1, 0.15) is 12.8 Å². The lowest BCUT2D eigenvalue weighted by Gasteiger charge is -2.06. The number of esters is 1. The van der Waals surface area contributed by atoms with E-state index in [9.17, 15) is 4.79 Å². The lowest BCUT2D eigenvalue weighted by Crippen LogP contribution is -2.14. The monoisotopic (exact) mass is 142 g/mol. The molecule has 2 aliphatic rings. The van der Waals surface area contributed by atoms with Gasteiger partial charge in [0.25, 0.3) is 0 Å². The van der Waals surface area contributed by atoms with Gasteiger partial charge in [0.1, 0.15) is 0 Å². The average Bonchev–Trinajstić information content (AvgIpc) is 2.57. The molecule has 1 saturated carbocycles. The van der Waals surface area contributed by atoms with Crippen LogP contribution in [0.15, 0.2) is 0 Å². The van der Waals surface area contributed by atoms with Crippen molar-refractivity contribution in [2.75, 3.05) is 7.11 Å². The molecule has 1 heterocycles. The zero-order valence-electron chi connectivity index (χ0n) is 5.87. The molecule has 3 heteroatoms. The first-order valence-corrected chi connectivity index (χ1v) is 3.54. The summed E-state index contributed by atoms with van der Waals surface area (Å²) in [5.74, 6) is 0.0459. The number of carbonyl (C=O) groups excluding carboxylic acids is 1. The first-order chi connectivity index (χ1) is 4.81. The predicted octanol–water partition coefficient (Wildman–Crippen LogP) is 0.337. The molecule has 3 nitrogen and oxygen atoms in total. The minimum atomic E-state index is -0.0733. The Labute approximate surface area is 59.3 Å². The summed E-state index contributed by atoms with van der Waals surface area (Å²) in [6.07, 6.45) is 2.50. The molecular formula is C7H10O3. The Morgan fingerprint density at radius 1 is 1.50 bits per heavy atom. The van der Waals surface area contributed by atoms with Crippen LogP contribution in [0.3, 0.4) is 0 Å². The maximum absolute atomic E-state index is 10.9. The summed E-state index contributed by atoms with van der Waals surface area (Å²) < 4.78 is 9.78. The molecule has 0 bridgehead atoms. The van der Waals surface area contributed by atoms with Crippen LogP contribution in [0.2, 0.25) is 0 Å². The standard InChI is InChI=1S/C7H10O3/c1-9-7(8)4-2-5-6(3-4)10-5/h4-6H,2-3H2,1H3/t5-,6-/m0/s1. The molecule has 2 atom stereocenters. The fourth-order valence-corrected chi connectivity index (χ4v) is 1.61. The van der Waals surface area contributed by atoms with Gasteiger partial charge in [-0.3, -0.25) is 4.79 Å². The van der Waals surface area contributed by atoms with E-state index in [1.807, 2.05) is 0 Å². The van der Waals surface area contributed by atoms with E-state index >= 15 is 0 Å². The van der Waals surface area contributed by atoms with E-state index in [-0.39, 0.29) is 11.9 Å². The second-order valence-corrected chi connectivity index (χ2v) is 2.90. The zero-order chi connectivity index (χ0) is 7.14. The molecule has 0 N–H and O–H groups in total. The molecule has 1 saturated heterocycles. The van der Waals surface area contributed by atoms with E-state index < -0.39 is 0 Å². The van der Waals surface area contributed by atoms with Gasteiger partial charge < -0.3 is 9.47 Å². The highest BCUT2D eigenvalue weighted by molar-refractivity contribution is 5.73. The molecule has 0 radical (unpaired) electrons. The van der Waals surface area contributed by atoms with Crippen molar-refractivity contribution >= 4 is 5.97 Å². The molecule has 1 aliphatic heterocycles. The van der Waals surface area contributed by atoms with E-state index in [1.54, 1.807) is 0 Å². The normalized spacial score (nSPS) is 37.3. The summed E-state index contributed by atoms with van der Waals surface area (Å²) in [6.45, 7) is 0. The van der Waals surface area contributed by atoms with E-state index in [4.69, 9.17) is 4.74 Å². The summed E-state index contributed by atoms with van der Waals surface area (Å²) in [6, 6.07) is 0. The number of epoxide rings is 1. The molecule has 0 aromatic carbocycles. The third-order valence-electron chi connectivity index (χ3n) is 2.26. The molecular weight excluding hydrogens is 132 g/mol. The minimum Gasteiger partial charge on any atom is -0.469 e. The average molecular weight is 142 g/mol. The van der Waals surface area contributed by atoms with Crippen LogP contribution in [0.4, 0.5) is 0 Å². The molecule has 0 aromatic heterocycles. The van der Waals surface area contributed by atoms with E-state index in [2.05, 4.69) is 4.74 Å². The third-order valence-corrected chi connectivity index (χ3v) is 2.26. The molecule has 0 amide bonds.